The molecule has 0 saturated heterocycles. The average molecular weight is 491 g/mol. The summed E-state index contributed by atoms with van der Waals surface area (Å²) in [5.41, 5.74) is 4.87. The first-order chi connectivity index (χ1) is 17.6. The van der Waals surface area contributed by atoms with Crippen LogP contribution in [0.3, 0.4) is 0 Å². The molecule has 5 heteroatoms. The van der Waals surface area contributed by atoms with Crippen LogP contribution in [0.25, 0.3) is 44.0 Å². The molecule has 1 N–H and O–H groups in total. The monoisotopic (exact) mass is 490 g/mol. The maximum atomic E-state index is 12.6. The van der Waals surface area contributed by atoms with Crippen molar-refractivity contribution in [3.63, 3.8) is 0 Å². The number of carbonyl (C=O) groups is 1. The highest BCUT2D eigenvalue weighted by molar-refractivity contribution is 6.31. The lowest BCUT2D eigenvalue weighted by Gasteiger charge is -2.08. The first-order valence-corrected chi connectivity index (χ1v) is 12.4. The summed E-state index contributed by atoms with van der Waals surface area (Å²) in [6.45, 7) is 0. The SMILES string of the molecule is O=C(CCCc1c(-c2ccc3ccccc3n2)[nH]c2ccc(Cl)cc12)Oc1ccc2ccccc2c1. The van der Waals surface area contributed by atoms with E-state index >= 15 is 0 Å². The largest absolute Gasteiger partial charge is 0.427 e. The molecule has 0 amide bonds. The number of fused-ring (bicyclic) bond motifs is 3. The van der Waals surface area contributed by atoms with Crippen LogP contribution in [0.15, 0.2) is 97.1 Å². The van der Waals surface area contributed by atoms with Crippen LogP contribution in [-0.4, -0.2) is 15.9 Å². The number of nitrogens with one attached hydrogen (secondary N) is 1. The lowest BCUT2D eigenvalue weighted by Crippen LogP contribution is -2.08. The van der Waals surface area contributed by atoms with Gasteiger partial charge in [-0.05, 0) is 71.6 Å². The fraction of sp³-hybridized carbons (Fsp3) is 0.0968. The van der Waals surface area contributed by atoms with E-state index < -0.39 is 0 Å². The van der Waals surface area contributed by atoms with E-state index in [4.69, 9.17) is 21.3 Å². The van der Waals surface area contributed by atoms with Crippen LogP contribution in [0.1, 0.15) is 18.4 Å². The number of hydrogen-bond acceptors (Lipinski definition) is 3. The highest BCUT2D eigenvalue weighted by Gasteiger charge is 2.16. The second-order valence-electron chi connectivity index (χ2n) is 8.89. The quantitative estimate of drug-likeness (QED) is 0.189. The number of benzene rings is 4. The number of carbonyl (C=O) groups excluding carboxylic acids is 1. The number of hydrogen-bond donors (Lipinski definition) is 1. The summed E-state index contributed by atoms with van der Waals surface area (Å²) in [6, 6.07) is 31.8. The molecule has 0 atom stereocenters. The van der Waals surface area contributed by atoms with Crippen molar-refractivity contribution in [3.05, 3.63) is 108 Å². The molecule has 0 fully saturated rings. The van der Waals surface area contributed by atoms with Crippen molar-refractivity contribution in [1.82, 2.24) is 9.97 Å². The number of aryl methyl sites for hydroxylation is 1. The second-order valence-corrected chi connectivity index (χ2v) is 9.33. The summed E-state index contributed by atoms with van der Waals surface area (Å²) in [5.74, 6) is 0.326. The second kappa shape index (κ2) is 9.48. The van der Waals surface area contributed by atoms with E-state index in [1.165, 1.54) is 0 Å². The molecular formula is C31H23ClN2O2. The molecule has 0 saturated carbocycles. The van der Waals surface area contributed by atoms with E-state index in [0.717, 1.165) is 49.5 Å². The van der Waals surface area contributed by atoms with Gasteiger partial charge in [0, 0.05) is 27.7 Å². The molecule has 0 radical (unpaired) electrons. The predicted molar refractivity (Wildman–Crippen MR) is 147 cm³/mol. The Kier molecular flexibility index (Phi) is 5.88. The number of halogens is 1. The van der Waals surface area contributed by atoms with Crippen LogP contribution in [-0.2, 0) is 11.2 Å². The van der Waals surface area contributed by atoms with Crippen molar-refractivity contribution in [2.45, 2.75) is 19.3 Å². The highest BCUT2D eigenvalue weighted by Crippen LogP contribution is 2.33. The molecule has 4 nitrogen and oxygen atoms in total. The van der Waals surface area contributed by atoms with Crippen molar-refractivity contribution in [2.75, 3.05) is 0 Å². The molecule has 176 valence electrons. The molecule has 0 bridgehead atoms. The molecule has 2 heterocycles. The molecule has 6 aromatic rings. The van der Waals surface area contributed by atoms with Crippen LogP contribution in [0, 0.1) is 0 Å². The van der Waals surface area contributed by atoms with Crippen LogP contribution in [0.2, 0.25) is 5.02 Å². The van der Waals surface area contributed by atoms with E-state index in [9.17, 15) is 4.79 Å². The van der Waals surface area contributed by atoms with Gasteiger partial charge in [0.25, 0.3) is 0 Å². The molecule has 0 unspecified atom stereocenters. The summed E-state index contributed by atoms with van der Waals surface area (Å²) in [6.07, 6.45) is 1.65. The Morgan fingerprint density at radius 3 is 2.50 bits per heavy atom. The number of para-hydroxylation sites is 1. The Hall–Kier alpha value is -4.15. The maximum absolute atomic E-state index is 12.6. The van der Waals surface area contributed by atoms with Crippen LogP contribution < -0.4 is 4.74 Å². The van der Waals surface area contributed by atoms with E-state index in [1.54, 1.807) is 0 Å². The van der Waals surface area contributed by atoms with Gasteiger partial charge in [-0.3, -0.25) is 4.79 Å². The van der Waals surface area contributed by atoms with Crippen molar-refractivity contribution in [1.29, 1.82) is 0 Å². The van der Waals surface area contributed by atoms with Crippen molar-refractivity contribution in [2.24, 2.45) is 0 Å². The lowest BCUT2D eigenvalue weighted by atomic mass is 10.0. The molecular weight excluding hydrogens is 468 g/mol. The summed E-state index contributed by atoms with van der Waals surface area (Å²) in [4.78, 5) is 21.1. The summed E-state index contributed by atoms with van der Waals surface area (Å²) >= 11 is 6.34. The van der Waals surface area contributed by atoms with Crippen LogP contribution >= 0.6 is 11.6 Å². The van der Waals surface area contributed by atoms with Crippen molar-refractivity contribution < 1.29 is 9.53 Å². The number of aromatic amines is 1. The van der Waals surface area contributed by atoms with Gasteiger partial charge < -0.3 is 9.72 Å². The van der Waals surface area contributed by atoms with Gasteiger partial charge >= 0.3 is 5.97 Å². The van der Waals surface area contributed by atoms with Gasteiger partial charge in [0.1, 0.15) is 5.75 Å². The van der Waals surface area contributed by atoms with Gasteiger partial charge in [0.05, 0.1) is 16.9 Å². The number of nitrogens with zero attached hydrogens (tertiary/aromatic N) is 1. The Morgan fingerprint density at radius 1 is 0.833 bits per heavy atom. The fourth-order valence-corrected chi connectivity index (χ4v) is 4.90. The van der Waals surface area contributed by atoms with E-state index in [0.29, 0.717) is 30.0 Å². The van der Waals surface area contributed by atoms with E-state index in [-0.39, 0.29) is 5.97 Å². The summed E-state index contributed by atoms with van der Waals surface area (Å²) in [7, 11) is 0. The lowest BCUT2D eigenvalue weighted by molar-refractivity contribution is -0.134. The zero-order valence-corrected chi connectivity index (χ0v) is 20.3. The maximum Gasteiger partial charge on any atom is 0.311 e. The molecule has 6 rings (SSSR count). The molecule has 36 heavy (non-hydrogen) atoms. The third kappa shape index (κ3) is 4.43. The van der Waals surface area contributed by atoms with E-state index in [2.05, 4.69) is 17.1 Å². The number of esters is 1. The third-order valence-electron chi connectivity index (χ3n) is 6.48. The molecule has 0 spiro atoms. The van der Waals surface area contributed by atoms with Gasteiger partial charge in [-0.1, -0.05) is 66.2 Å². The first-order valence-electron chi connectivity index (χ1n) is 12.0. The Labute approximate surface area is 213 Å². The Morgan fingerprint density at radius 2 is 1.61 bits per heavy atom. The molecule has 2 aromatic heterocycles. The molecule has 4 aromatic carbocycles. The van der Waals surface area contributed by atoms with Gasteiger partial charge in [-0.2, -0.15) is 0 Å². The number of aromatic nitrogens is 2. The number of pyridine rings is 1. The summed E-state index contributed by atoms with van der Waals surface area (Å²) < 4.78 is 5.63. The van der Waals surface area contributed by atoms with Crippen LogP contribution in [0.4, 0.5) is 0 Å². The fourth-order valence-electron chi connectivity index (χ4n) is 4.73. The number of H-pyrrole nitrogens is 1. The standard InChI is InChI=1S/C31H23ClN2O2/c32-23-14-17-28-26(19-23)25(31(34-28)29-16-13-21-7-3-4-10-27(21)33-29)9-5-11-30(35)36-24-15-12-20-6-1-2-8-22(20)18-24/h1-4,6-8,10,12-19,34H,5,9,11H2. The van der Waals surface area contributed by atoms with Gasteiger partial charge in [0.2, 0.25) is 0 Å². The minimum absolute atomic E-state index is 0.242. The average Bonchev–Trinajstić information content (AvgIpc) is 3.26. The molecule has 0 aliphatic heterocycles. The number of rotatable bonds is 6. The normalized spacial score (nSPS) is 11.4. The zero-order chi connectivity index (χ0) is 24.5. The zero-order valence-electron chi connectivity index (χ0n) is 19.5. The Bertz CT molecular complexity index is 1740. The van der Waals surface area contributed by atoms with Crippen LogP contribution in [0.5, 0.6) is 5.75 Å². The first kappa shape index (κ1) is 22.3. The highest BCUT2D eigenvalue weighted by atomic mass is 35.5. The van der Waals surface area contributed by atoms with E-state index in [1.807, 2.05) is 84.9 Å². The smallest absolute Gasteiger partial charge is 0.311 e. The number of ether oxygens (including phenoxy) is 1. The van der Waals surface area contributed by atoms with Gasteiger partial charge in [-0.15, -0.1) is 0 Å². The predicted octanol–water partition coefficient (Wildman–Crippen LogP) is 8.12. The van der Waals surface area contributed by atoms with Gasteiger partial charge in [-0.25, -0.2) is 4.98 Å². The summed E-state index contributed by atoms with van der Waals surface area (Å²) in [5, 5.41) is 4.99. The van der Waals surface area contributed by atoms with Gasteiger partial charge in [0.15, 0.2) is 0 Å². The van der Waals surface area contributed by atoms with Crippen molar-refractivity contribution in [3.8, 4) is 17.1 Å². The topological polar surface area (TPSA) is 55.0 Å². The molecule has 0 aliphatic carbocycles. The Balaban J connectivity index is 1.24. The minimum Gasteiger partial charge on any atom is -0.427 e. The molecule has 0 aliphatic rings. The minimum atomic E-state index is -0.242. The van der Waals surface area contributed by atoms with Crippen molar-refractivity contribution >= 4 is 50.1 Å². The third-order valence-corrected chi connectivity index (χ3v) is 6.72.